The zero-order valence-electron chi connectivity index (χ0n) is 26.7. The molecule has 0 radical (unpaired) electrons. The molecule has 13 heteroatoms. The SMILES string of the molecule is CC(C)(Oc1ccc(CCN(Cc2ccc(C(F)(F)F)cc2)c2noc(C3CCN(C(=O)OCc4ccccc4)CC3)n2)cc1)C(=O)O. The van der Waals surface area contributed by atoms with Crippen molar-refractivity contribution in [2.75, 3.05) is 24.5 Å². The summed E-state index contributed by atoms with van der Waals surface area (Å²) in [4.78, 5) is 32.2. The Morgan fingerprint density at radius 3 is 2.21 bits per heavy atom. The first-order chi connectivity index (χ1) is 22.9. The fourth-order valence-corrected chi connectivity index (χ4v) is 5.24. The largest absolute Gasteiger partial charge is 0.478 e. The lowest BCUT2D eigenvalue weighted by Crippen LogP contribution is -2.38. The molecule has 5 rings (SSSR count). The molecule has 48 heavy (non-hydrogen) atoms. The van der Waals surface area contributed by atoms with E-state index in [-0.39, 0.29) is 25.2 Å². The van der Waals surface area contributed by atoms with Gasteiger partial charge in [0.05, 0.1) is 5.56 Å². The standard InChI is InChI=1S/C35H37F3N4O6/c1-34(2,31(43)44)47-29-14-10-24(11-15-29)16-19-42(22-25-8-12-28(13-9-25)35(36,37)38)32-39-30(48-40-32)27-17-20-41(21-18-27)33(45)46-23-26-6-4-3-5-7-26/h3-15,27H,16-23H2,1-2H3,(H,43,44). The number of anilines is 1. The number of alkyl halides is 3. The zero-order chi connectivity index (χ0) is 34.3. The van der Waals surface area contributed by atoms with Gasteiger partial charge in [0.1, 0.15) is 12.4 Å². The lowest BCUT2D eigenvalue weighted by molar-refractivity contribution is -0.152. The van der Waals surface area contributed by atoms with Crippen molar-refractivity contribution in [3.8, 4) is 5.75 Å². The summed E-state index contributed by atoms with van der Waals surface area (Å²) in [5.74, 6) is -0.0112. The summed E-state index contributed by atoms with van der Waals surface area (Å²) in [7, 11) is 0. The minimum Gasteiger partial charge on any atom is -0.478 e. The number of benzene rings is 3. The van der Waals surface area contributed by atoms with Crippen molar-refractivity contribution in [2.24, 2.45) is 0 Å². The predicted octanol–water partition coefficient (Wildman–Crippen LogP) is 7.10. The molecule has 1 fully saturated rings. The van der Waals surface area contributed by atoms with E-state index in [0.717, 1.165) is 23.3 Å². The van der Waals surface area contributed by atoms with E-state index in [1.54, 1.807) is 17.0 Å². The summed E-state index contributed by atoms with van der Waals surface area (Å²) in [6, 6.07) is 21.4. The van der Waals surface area contributed by atoms with E-state index in [2.05, 4.69) is 10.1 Å². The number of piperidine rings is 1. The molecule has 3 aromatic carbocycles. The Bertz CT molecular complexity index is 1650. The molecular weight excluding hydrogens is 629 g/mol. The molecule has 0 atom stereocenters. The Kier molecular flexibility index (Phi) is 10.6. The molecule has 0 aliphatic carbocycles. The van der Waals surface area contributed by atoms with Crippen molar-refractivity contribution in [3.63, 3.8) is 0 Å². The van der Waals surface area contributed by atoms with Crippen LogP contribution >= 0.6 is 0 Å². The van der Waals surface area contributed by atoms with E-state index in [1.807, 2.05) is 47.4 Å². The summed E-state index contributed by atoms with van der Waals surface area (Å²) in [5, 5.41) is 13.6. The van der Waals surface area contributed by atoms with Gasteiger partial charge in [-0.25, -0.2) is 9.59 Å². The molecule has 0 saturated carbocycles. The summed E-state index contributed by atoms with van der Waals surface area (Å²) < 4.78 is 56.2. The number of ether oxygens (including phenoxy) is 2. The second-order valence-corrected chi connectivity index (χ2v) is 12.2. The van der Waals surface area contributed by atoms with Crippen LogP contribution in [-0.2, 0) is 35.3 Å². The molecule has 1 N–H and O–H groups in total. The molecular formula is C35H37F3N4O6. The molecule has 1 aliphatic rings. The lowest BCUT2D eigenvalue weighted by atomic mass is 9.97. The van der Waals surface area contributed by atoms with Crippen molar-refractivity contribution in [3.05, 3.63) is 107 Å². The molecule has 4 aromatic rings. The zero-order valence-corrected chi connectivity index (χ0v) is 26.7. The smallest absolute Gasteiger partial charge is 0.416 e. The number of aromatic nitrogens is 2. The molecule has 1 aromatic heterocycles. The van der Waals surface area contributed by atoms with Crippen LogP contribution < -0.4 is 9.64 Å². The van der Waals surface area contributed by atoms with Gasteiger partial charge in [-0.15, -0.1) is 0 Å². The first kappa shape index (κ1) is 34.3. The van der Waals surface area contributed by atoms with E-state index >= 15 is 0 Å². The monoisotopic (exact) mass is 666 g/mol. The Morgan fingerprint density at radius 2 is 1.58 bits per heavy atom. The first-order valence-electron chi connectivity index (χ1n) is 15.6. The maximum atomic E-state index is 13.2. The van der Waals surface area contributed by atoms with Crippen molar-refractivity contribution in [1.82, 2.24) is 15.0 Å². The molecule has 1 amide bonds. The summed E-state index contributed by atoms with van der Waals surface area (Å²) in [5.41, 5.74) is 0.340. The third kappa shape index (κ3) is 9.05. The van der Waals surface area contributed by atoms with E-state index in [4.69, 9.17) is 14.0 Å². The predicted molar refractivity (Wildman–Crippen MR) is 169 cm³/mol. The highest BCUT2D eigenvalue weighted by Crippen LogP contribution is 2.31. The maximum absolute atomic E-state index is 13.2. The summed E-state index contributed by atoms with van der Waals surface area (Å²) in [6.07, 6.45) is -3.08. The summed E-state index contributed by atoms with van der Waals surface area (Å²) >= 11 is 0. The van der Waals surface area contributed by atoms with Crippen LogP contribution in [0.15, 0.2) is 83.4 Å². The number of halogens is 3. The normalized spacial score (nSPS) is 14.1. The first-order valence-corrected chi connectivity index (χ1v) is 15.6. The van der Waals surface area contributed by atoms with Crippen LogP contribution in [0.3, 0.4) is 0 Å². The molecule has 2 heterocycles. The van der Waals surface area contributed by atoms with Gasteiger partial charge in [-0.1, -0.05) is 54.6 Å². The highest BCUT2D eigenvalue weighted by Gasteiger charge is 2.32. The minimum atomic E-state index is -4.44. The van der Waals surface area contributed by atoms with E-state index in [0.29, 0.717) is 62.0 Å². The van der Waals surface area contributed by atoms with E-state index < -0.39 is 23.3 Å². The molecule has 1 aliphatic heterocycles. The fourth-order valence-electron chi connectivity index (χ4n) is 5.24. The van der Waals surface area contributed by atoms with Gasteiger partial charge in [0.25, 0.3) is 5.95 Å². The third-order valence-corrected chi connectivity index (χ3v) is 8.16. The number of nitrogens with zero attached hydrogens (tertiary/aromatic N) is 4. The van der Waals surface area contributed by atoms with Gasteiger partial charge in [-0.05, 0) is 79.2 Å². The van der Waals surface area contributed by atoms with E-state index in [1.165, 1.54) is 26.0 Å². The average Bonchev–Trinajstić information content (AvgIpc) is 3.57. The van der Waals surface area contributed by atoms with Gasteiger partial charge in [0, 0.05) is 32.1 Å². The number of likely N-dealkylation sites (tertiary alicyclic amines) is 1. The molecule has 0 bridgehead atoms. The molecule has 0 spiro atoms. The van der Waals surface area contributed by atoms with Crippen molar-refractivity contribution < 1.29 is 41.9 Å². The van der Waals surface area contributed by atoms with Gasteiger partial charge >= 0.3 is 18.2 Å². The lowest BCUT2D eigenvalue weighted by Gasteiger charge is -2.29. The van der Waals surface area contributed by atoms with Gasteiger partial charge in [0.15, 0.2) is 5.60 Å². The number of carboxylic acids is 1. The van der Waals surface area contributed by atoms with Crippen molar-refractivity contribution in [2.45, 2.75) is 64.0 Å². The Hall–Kier alpha value is -5.07. The van der Waals surface area contributed by atoms with Crippen LogP contribution in [0.5, 0.6) is 5.75 Å². The number of rotatable bonds is 12. The molecule has 10 nitrogen and oxygen atoms in total. The van der Waals surface area contributed by atoms with Gasteiger partial charge in [-0.2, -0.15) is 18.2 Å². The number of amides is 1. The fraction of sp³-hybridized carbons (Fsp3) is 0.371. The third-order valence-electron chi connectivity index (χ3n) is 8.16. The maximum Gasteiger partial charge on any atom is 0.416 e. The van der Waals surface area contributed by atoms with Gasteiger partial charge in [0.2, 0.25) is 5.89 Å². The Labute approximate surface area is 276 Å². The molecule has 1 saturated heterocycles. The number of hydrogen-bond donors (Lipinski definition) is 1. The van der Waals surface area contributed by atoms with Crippen LogP contribution in [0.2, 0.25) is 0 Å². The number of aliphatic carboxylic acids is 1. The Balaban J connectivity index is 1.23. The highest BCUT2D eigenvalue weighted by atomic mass is 19.4. The number of carbonyl (C=O) groups is 2. The van der Waals surface area contributed by atoms with Crippen molar-refractivity contribution in [1.29, 1.82) is 0 Å². The van der Waals surface area contributed by atoms with Crippen molar-refractivity contribution >= 4 is 18.0 Å². The van der Waals surface area contributed by atoms with Crippen LogP contribution in [0.1, 0.15) is 60.8 Å². The highest BCUT2D eigenvalue weighted by molar-refractivity contribution is 5.76. The summed E-state index contributed by atoms with van der Waals surface area (Å²) in [6.45, 7) is 4.70. The number of hydrogen-bond acceptors (Lipinski definition) is 8. The van der Waals surface area contributed by atoms with Gasteiger partial charge in [-0.3, -0.25) is 0 Å². The van der Waals surface area contributed by atoms with Crippen LogP contribution in [0, 0.1) is 0 Å². The quantitative estimate of drug-likeness (QED) is 0.169. The van der Waals surface area contributed by atoms with Crippen LogP contribution in [-0.4, -0.2) is 57.4 Å². The van der Waals surface area contributed by atoms with E-state index in [9.17, 15) is 27.9 Å². The topological polar surface area (TPSA) is 118 Å². The number of carbonyl (C=O) groups excluding carboxylic acids is 1. The minimum absolute atomic E-state index is 0.0695. The Morgan fingerprint density at radius 1 is 0.938 bits per heavy atom. The second-order valence-electron chi connectivity index (χ2n) is 12.2. The van der Waals surface area contributed by atoms with Crippen LogP contribution in [0.4, 0.5) is 23.9 Å². The van der Waals surface area contributed by atoms with Crippen LogP contribution in [0.25, 0.3) is 0 Å². The average molecular weight is 667 g/mol. The molecule has 0 unspecified atom stereocenters. The molecule has 254 valence electrons. The van der Waals surface area contributed by atoms with Gasteiger partial charge < -0.3 is 28.9 Å². The second kappa shape index (κ2) is 14.8. The number of carboxylic acid groups (broad SMARTS) is 1.